The molecule has 0 aliphatic rings. The van der Waals surface area contributed by atoms with Crippen LogP contribution in [0.15, 0.2) is 36.4 Å². The van der Waals surface area contributed by atoms with Gasteiger partial charge < -0.3 is 24.4 Å². The third-order valence-electron chi connectivity index (χ3n) is 2.36. The number of hydrogen-bond donors (Lipinski definition) is 0. The molecule has 0 heterocycles. The van der Waals surface area contributed by atoms with Crippen LogP contribution in [-0.4, -0.2) is 11.6 Å². The summed E-state index contributed by atoms with van der Waals surface area (Å²) in [6.45, 7) is 2.86. The Bertz CT molecular complexity index is 538. The predicted octanol–water partition coefficient (Wildman–Crippen LogP) is 4.56. The van der Waals surface area contributed by atoms with Gasteiger partial charge in [-0.25, -0.2) is 8.78 Å². The van der Waals surface area contributed by atoms with Crippen molar-refractivity contribution < 1.29 is 40.1 Å². The average Bonchev–Trinajstić information content (AvgIpc) is 2.40. The molecule has 2 aromatic rings. The minimum atomic E-state index is -0.440. The summed E-state index contributed by atoms with van der Waals surface area (Å²) >= 11 is 0. The Morgan fingerprint density at radius 3 is 1.26 bits per heavy atom. The summed E-state index contributed by atoms with van der Waals surface area (Å²) in [5.74, 6) is -1.03. The standard InChI is InChI=1S/2C8H6FO.2CH3.Ti/c2*1-6(10)7-2-4-8(9)5-3-7;;;/h2*2-4H,1H3;2*1H3;/q4*-1;+4. The van der Waals surface area contributed by atoms with Gasteiger partial charge in [0.2, 0.25) is 0 Å². The molecule has 23 heavy (non-hydrogen) atoms. The SMILES string of the molecule is CC(=O)c1c[c-]c(F)cc1.CC(=O)c1c[c-]c(F)cc1.[CH3-].[CH3-].[Ti+4]. The largest absolute Gasteiger partial charge is 4.00 e. The molecule has 0 aliphatic carbocycles. The van der Waals surface area contributed by atoms with Crippen LogP contribution >= 0.6 is 0 Å². The van der Waals surface area contributed by atoms with E-state index in [1.807, 2.05) is 0 Å². The molecule has 0 fully saturated rings. The molecular formula is C18H18F2O2Ti. The zero-order chi connectivity index (χ0) is 15.1. The molecule has 0 aromatic heterocycles. The Hall–Kier alpha value is -1.65. The van der Waals surface area contributed by atoms with E-state index in [1.165, 1.54) is 50.2 Å². The van der Waals surface area contributed by atoms with Crippen LogP contribution in [0.5, 0.6) is 0 Å². The topological polar surface area (TPSA) is 34.1 Å². The van der Waals surface area contributed by atoms with Crippen LogP contribution in [0.1, 0.15) is 34.6 Å². The van der Waals surface area contributed by atoms with Gasteiger partial charge in [-0.3, -0.25) is 0 Å². The molecule has 0 unspecified atom stereocenters. The molecule has 0 radical (unpaired) electrons. The zero-order valence-corrected chi connectivity index (χ0v) is 15.1. The van der Waals surface area contributed by atoms with Crippen LogP contribution in [0.4, 0.5) is 8.78 Å². The Kier molecular flexibility index (Phi) is 14.7. The maximum atomic E-state index is 12.2. The molecular weight excluding hydrogens is 334 g/mol. The van der Waals surface area contributed by atoms with Crippen LogP contribution in [0.3, 0.4) is 0 Å². The van der Waals surface area contributed by atoms with E-state index in [0.717, 1.165) is 0 Å². The molecule has 2 aromatic carbocycles. The summed E-state index contributed by atoms with van der Waals surface area (Å²) in [5.41, 5.74) is 0.975. The minimum Gasteiger partial charge on any atom is -0.358 e. The smallest absolute Gasteiger partial charge is 0.358 e. The molecule has 5 heteroatoms. The molecule has 0 atom stereocenters. The predicted molar refractivity (Wildman–Crippen MR) is 83.3 cm³/mol. The van der Waals surface area contributed by atoms with Crippen molar-refractivity contribution in [1.82, 2.24) is 0 Å². The van der Waals surface area contributed by atoms with Crippen molar-refractivity contribution in [2.75, 3.05) is 0 Å². The molecule has 0 spiro atoms. The van der Waals surface area contributed by atoms with E-state index >= 15 is 0 Å². The fourth-order valence-electron chi connectivity index (χ4n) is 1.25. The number of hydrogen-bond acceptors (Lipinski definition) is 2. The summed E-state index contributed by atoms with van der Waals surface area (Å²) in [7, 11) is 0. The Balaban J connectivity index is -0.000000308. The van der Waals surface area contributed by atoms with Crippen molar-refractivity contribution in [3.8, 4) is 0 Å². The third-order valence-corrected chi connectivity index (χ3v) is 2.36. The van der Waals surface area contributed by atoms with Crippen molar-refractivity contribution in [1.29, 1.82) is 0 Å². The van der Waals surface area contributed by atoms with Crippen LogP contribution in [0, 0.1) is 38.6 Å². The number of benzene rings is 2. The molecule has 0 amide bonds. The van der Waals surface area contributed by atoms with Gasteiger partial charge in [0.15, 0.2) is 0 Å². The van der Waals surface area contributed by atoms with Gasteiger partial charge >= 0.3 is 21.7 Å². The second-order valence-corrected chi connectivity index (χ2v) is 3.96. The van der Waals surface area contributed by atoms with E-state index in [1.54, 1.807) is 0 Å². The van der Waals surface area contributed by atoms with Crippen LogP contribution < -0.4 is 0 Å². The Labute approximate surface area is 151 Å². The van der Waals surface area contributed by atoms with Gasteiger partial charge in [-0.15, -0.1) is 24.3 Å². The first kappa shape index (κ1) is 26.3. The first-order chi connectivity index (χ1) is 9.40. The van der Waals surface area contributed by atoms with Gasteiger partial charge in [0.1, 0.15) is 11.6 Å². The normalized spacial score (nSPS) is 8.17. The fraction of sp³-hybridized carbons (Fsp3) is 0.111. The van der Waals surface area contributed by atoms with Crippen LogP contribution in [0.2, 0.25) is 0 Å². The summed E-state index contributed by atoms with van der Waals surface area (Å²) in [4.78, 5) is 21.2. The molecule has 0 bridgehead atoms. The van der Waals surface area contributed by atoms with E-state index in [4.69, 9.17) is 0 Å². The molecule has 0 aliphatic heterocycles. The van der Waals surface area contributed by atoms with E-state index < -0.39 is 11.6 Å². The summed E-state index contributed by atoms with van der Waals surface area (Å²) in [5, 5.41) is 0. The first-order valence-corrected chi connectivity index (χ1v) is 5.76. The number of Topliss-reactive ketones (excluding diaryl/α,β-unsaturated/α-hetero) is 2. The zero-order valence-electron chi connectivity index (χ0n) is 13.5. The maximum absolute atomic E-state index is 12.2. The fourth-order valence-corrected chi connectivity index (χ4v) is 1.25. The number of halogens is 2. The van der Waals surface area contributed by atoms with Gasteiger partial charge in [0.25, 0.3) is 0 Å². The van der Waals surface area contributed by atoms with E-state index in [0.29, 0.717) is 11.1 Å². The first-order valence-electron chi connectivity index (χ1n) is 5.76. The molecule has 0 N–H and O–H groups in total. The van der Waals surface area contributed by atoms with Crippen molar-refractivity contribution in [2.45, 2.75) is 13.8 Å². The van der Waals surface area contributed by atoms with E-state index in [9.17, 15) is 18.4 Å². The summed E-state index contributed by atoms with van der Waals surface area (Å²) < 4.78 is 24.4. The Morgan fingerprint density at radius 1 is 0.783 bits per heavy atom. The molecule has 0 saturated carbocycles. The maximum Gasteiger partial charge on any atom is 4.00 e. The Morgan fingerprint density at radius 2 is 1.09 bits per heavy atom. The average molecular weight is 352 g/mol. The van der Waals surface area contributed by atoms with Gasteiger partial charge in [0, 0.05) is 11.6 Å². The molecule has 0 saturated heterocycles. The quantitative estimate of drug-likeness (QED) is 0.451. The number of rotatable bonds is 2. The summed E-state index contributed by atoms with van der Waals surface area (Å²) in [6, 6.07) is 12.6. The van der Waals surface area contributed by atoms with Crippen molar-refractivity contribution in [2.24, 2.45) is 0 Å². The number of ketones is 2. The molecule has 2 rings (SSSR count). The van der Waals surface area contributed by atoms with Gasteiger partial charge in [-0.1, -0.05) is 11.1 Å². The minimum absolute atomic E-state index is 0. The van der Waals surface area contributed by atoms with Crippen molar-refractivity contribution >= 4 is 11.6 Å². The van der Waals surface area contributed by atoms with Crippen LogP contribution in [-0.2, 0) is 21.7 Å². The van der Waals surface area contributed by atoms with Gasteiger partial charge in [-0.2, -0.15) is 24.3 Å². The third kappa shape index (κ3) is 9.87. The monoisotopic (exact) mass is 352 g/mol. The van der Waals surface area contributed by atoms with Crippen molar-refractivity contribution in [3.63, 3.8) is 0 Å². The second kappa shape index (κ2) is 12.9. The number of carbonyl (C=O) groups is 2. The van der Waals surface area contributed by atoms with Gasteiger partial charge in [-0.05, 0) is 13.8 Å². The van der Waals surface area contributed by atoms with E-state index in [2.05, 4.69) is 12.1 Å². The second-order valence-electron chi connectivity index (χ2n) is 3.96. The van der Waals surface area contributed by atoms with Crippen molar-refractivity contribution in [3.05, 3.63) is 86.1 Å². The molecule has 120 valence electrons. The van der Waals surface area contributed by atoms with E-state index in [-0.39, 0.29) is 48.1 Å². The van der Waals surface area contributed by atoms with Crippen LogP contribution in [0.25, 0.3) is 0 Å². The van der Waals surface area contributed by atoms with Gasteiger partial charge in [0.05, 0.1) is 0 Å². The molecule has 2 nitrogen and oxygen atoms in total. The number of carbonyl (C=O) groups excluding carboxylic acids is 2. The summed E-state index contributed by atoms with van der Waals surface area (Å²) in [6.07, 6.45) is 0.